The Kier molecular flexibility index (Phi) is 5.52. The maximum Gasteiger partial charge on any atom is 0.451 e. The average molecular weight is 440 g/mol. The van der Waals surface area contributed by atoms with Crippen molar-refractivity contribution >= 4 is 11.6 Å². The van der Waals surface area contributed by atoms with Crippen molar-refractivity contribution in [1.82, 2.24) is 25.1 Å². The second-order valence-electron chi connectivity index (χ2n) is 7.19. The number of aryl methyl sites for hydroxylation is 2. The van der Waals surface area contributed by atoms with Gasteiger partial charge in [-0.25, -0.2) is 4.98 Å². The molecular weight excluding hydrogens is 421 g/mol. The topological polar surface area (TPSA) is 88.6 Å². The largest absolute Gasteiger partial charge is 0.451 e. The number of H-pyrrole nitrogens is 1. The van der Waals surface area contributed by atoms with E-state index in [1.807, 2.05) is 31.2 Å². The van der Waals surface area contributed by atoms with E-state index < -0.39 is 12.0 Å². The van der Waals surface area contributed by atoms with Gasteiger partial charge in [0.15, 0.2) is 5.82 Å². The summed E-state index contributed by atoms with van der Waals surface area (Å²) in [5.74, 6) is -0.0945. The van der Waals surface area contributed by atoms with E-state index in [0.717, 1.165) is 16.8 Å². The summed E-state index contributed by atoms with van der Waals surface area (Å²) in [5.41, 5.74) is 3.35. The van der Waals surface area contributed by atoms with E-state index in [0.29, 0.717) is 23.1 Å². The third kappa shape index (κ3) is 4.69. The lowest BCUT2D eigenvalue weighted by molar-refractivity contribution is -0.145. The van der Waals surface area contributed by atoms with Crippen LogP contribution in [0, 0.1) is 20.8 Å². The number of ether oxygens (including phenoxy) is 1. The highest BCUT2D eigenvalue weighted by Crippen LogP contribution is 2.32. The summed E-state index contributed by atoms with van der Waals surface area (Å²) in [5, 5.41) is 10.1. The van der Waals surface area contributed by atoms with Crippen LogP contribution in [0.4, 0.5) is 24.8 Å². The Balaban J connectivity index is 1.51. The maximum absolute atomic E-state index is 13.0. The molecule has 10 heteroatoms. The summed E-state index contributed by atoms with van der Waals surface area (Å²) in [7, 11) is 0. The molecule has 0 saturated heterocycles. The molecule has 0 atom stereocenters. The van der Waals surface area contributed by atoms with Crippen molar-refractivity contribution in [2.24, 2.45) is 0 Å². The summed E-state index contributed by atoms with van der Waals surface area (Å²) in [6.07, 6.45) is -4.66. The molecule has 0 amide bonds. The fourth-order valence-corrected chi connectivity index (χ4v) is 2.92. The second-order valence-corrected chi connectivity index (χ2v) is 7.19. The number of aromatic amines is 1. The predicted molar refractivity (Wildman–Crippen MR) is 113 cm³/mol. The predicted octanol–water partition coefficient (Wildman–Crippen LogP) is 5.74. The summed E-state index contributed by atoms with van der Waals surface area (Å²) in [6.45, 7) is 5.08. The van der Waals surface area contributed by atoms with Crippen molar-refractivity contribution < 1.29 is 17.9 Å². The fourth-order valence-electron chi connectivity index (χ4n) is 2.92. The van der Waals surface area contributed by atoms with Crippen LogP contribution >= 0.6 is 0 Å². The SMILES string of the molecule is Cc1cccc(Nc2n[nH]c(-c3ccc(Oc4nc(C(F)(F)F)nc(C)c4C)cc3)n2)c1. The van der Waals surface area contributed by atoms with Crippen molar-refractivity contribution in [1.29, 1.82) is 0 Å². The minimum Gasteiger partial charge on any atom is -0.439 e. The highest BCUT2D eigenvalue weighted by atomic mass is 19.4. The number of alkyl halides is 3. The molecular formula is C22H19F3N6O. The lowest BCUT2D eigenvalue weighted by Crippen LogP contribution is -2.13. The van der Waals surface area contributed by atoms with Crippen molar-refractivity contribution in [3.05, 3.63) is 71.2 Å². The van der Waals surface area contributed by atoms with Gasteiger partial charge in [-0.3, -0.25) is 5.10 Å². The van der Waals surface area contributed by atoms with Gasteiger partial charge >= 0.3 is 6.18 Å². The van der Waals surface area contributed by atoms with Gasteiger partial charge in [-0.15, -0.1) is 5.10 Å². The van der Waals surface area contributed by atoms with Crippen LogP contribution in [0.2, 0.25) is 0 Å². The van der Waals surface area contributed by atoms with Crippen LogP contribution in [-0.4, -0.2) is 25.1 Å². The Bertz CT molecular complexity index is 1250. The molecule has 7 nitrogen and oxygen atoms in total. The van der Waals surface area contributed by atoms with Gasteiger partial charge in [0.05, 0.1) is 0 Å². The third-order valence-electron chi connectivity index (χ3n) is 4.70. The zero-order chi connectivity index (χ0) is 22.9. The van der Waals surface area contributed by atoms with Gasteiger partial charge in [0.1, 0.15) is 5.75 Å². The number of hydrogen-bond acceptors (Lipinski definition) is 6. The first-order valence-electron chi connectivity index (χ1n) is 9.66. The van der Waals surface area contributed by atoms with Crippen LogP contribution in [0.3, 0.4) is 0 Å². The molecule has 164 valence electrons. The normalized spacial score (nSPS) is 11.4. The van der Waals surface area contributed by atoms with E-state index >= 15 is 0 Å². The summed E-state index contributed by atoms with van der Waals surface area (Å²) in [4.78, 5) is 11.4. The number of halogens is 3. The van der Waals surface area contributed by atoms with E-state index in [-0.39, 0.29) is 11.6 Å². The van der Waals surface area contributed by atoms with Crippen molar-refractivity contribution in [2.75, 3.05) is 5.32 Å². The highest BCUT2D eigenvalue weighted by molar-refractivity contribution is 5.60. The van der Waals surface area contributed by atoms with Gasteiger partial charge in [0, 0.05) is 22.5 Å². The first kappa shape index (κ1) is 21.3. The smallest absolute Gasteiger partial charge is 0.439 e. The molecule has 4 rings (SSSR count). The number of rotatable bonds is 5. The minimum atomic E-state index is -4.66. The number of aromatic nitrogens is 5. The average Bonchev–Trinajstić information content (AvgIpc) is 3.19. The van der Waals surface area contributed by atoms with Gasteiger partial charge in [-0.05, 0) is 62.7 Å². The second kappa shape index (κ2) is 8.29. The molecule has 0 spiro atoms. The maximum atomic E-state index is 13.0. The quantitative estimate of drug-likeness (QED) is 0.411. The standard InChI is InChI=1S/C22H19F3N6O/c1-12-5-4-6-16(11-12)27-21-28-18(30-31-21)15-7-9-17(10-8-15)32-19-13(2)14(3)26-20(29-19)22(23,24)25/h4-11H,1-3H3,(H2,27,28,30,31). The summed E-state index contributed by atoms with van der Waals surface area (Å²) < 4.78 is 44.7. The minimum absolute atomic E-state index is 0.137. The molecule has 0 unspecified atom stereocenters. The van der Waals surface area contributed by atoms with Crippen LogP contribution in [0.5, 0.6) is 11.6 Å². The molecule has 0 fully saturated rings. The molecule has 0 aliphatic rings. The molecule has 2 aromatic heterocycles. The molecule has 2 N–H and O–H groups in total. The van der Waals surface area contributed by atoms with E-state index in [4.69, 9.17) is 4.74 Å². The van der Waals surface area contributed by atoms with Gasteiger partial charge in [-0.1, -0.05) is 12.1 Å². The molecule has 0 bridgehead atoms. The number of nitrogens with zero attached hydrogens (tertiary/aromatic N) is 4. The number of nitrogens with one attached hydrogen (secondary N) is 2. The van der Waals surface area contributed by atoms with Crippen LogP contribution in [-0.2, 0) is 6.18 Å². The van der Waals surface area contributed by atoms with E-state index in [1.165, 1.54) is 6.92 Å². The molecule has 0 saturated carbocycles. The van der Waals surface area contributed by atoms with Gasteiger partial charge < -0.3 is 10.1 Å². The highest BCUT2D eigenvalue weighted by Gasteiger charge is 2.36. The van der Waals surface area contributed by atoms with E-state index in [1.54, 1.807) is 31.2 Å². The monoisotopic (exact) mass is 440 g/mol. The van der Waals surface area contributed by atoms with Crippen LogP contribution in [0.25, 0.3) is 11.4 Å². The molecule has 0 radical (unpaired) electrons. The van der Waals surface area contributed by atoms with E-state index in [9.17, 15) is 13.2 Å². The number of benzene rings is 2. The number of anilines is 2. The Morgan fingerprint density at radius 3 is 2.38 bits per heavy atom. The van der Waals surface area contributed by atoms with Crippen LogP contribution in [0.1, 0.15) is 22.6 Å². The van der Waals surface area contributed by atoms with Crippen LogP contribution in [0.15, 0.2) is 48.5 Å². The molecule has 4 aromatic rings. The van der Waals surface area contributed by atoms with Crippen LogP contribution < -0.4 is 10.1 Å². The van der Waals surface area contributed by atoms with Gasteiger partial charge in [0.25, 0.3) is 0 Å². The Morgan fingerprint density at radius 2 is 1.69 bits per heavy atom. The van der Waals surface area contributed by atoms with Gasteiger partial charge in [-0.2, -0.15) is 23.1 Å². The van der Waals surface area contributed by atoms with Gasteiger partial charge in [0.2, 0.25) is 17.7 Å². The van der Waals surface area contributed by atoms with Crippen molar-refractivity contribution in [2.45, 2.75) is 26.9 Å². The zero-order valence-electron chi connectivity index (χ0n) is 17.4. The van der Waals surface area contributed by atoms with Crippen molar-refractivity contribution in [3.63, 3.8) is 0 Å². The lowest BCUT2D eigenvalue weighted by Gasteiger charge is -2.12. The molecule has 0 aliphatic heterocycles. The van der Waals surface area contributed by atoms with E-state index in [2.05, 4.69) is 30.5 Å². The lowest BCUT2D eigenvalue weighted by atomic mass is 10.2. The molecule has 32 heavy (non-hydrogen) atoms. The first-order valence-corrected chi connectivity index (χ1v) is 9.66. The molecule has 2 aromatic carbocycles. The Hall–Kier alpha value is -3.95. The molecule has 2 heterocycles. The molecule has 0 aliphatic carbocycles. The summed E-state index contributed by atoms with van der Waals surface area (Å²) in [6, 6.07) is 14.5. The zero-order valence-corrected chi connectivity index (χ0v) is 17.4. The fraction of sp³-hybridized carbons (Fsp3) is 0.182. The third-order valence-corrected chi connectivity index (χ3v) is 4.70. The summed E-state index contributed by atoms with van der Waals surface area (Å²) >= 11 is 0. The van der Waals surface area contributed by atoms with Crippen molar-refractivity contribution in [3.8, 4) is 23.0 Å². The Labute approximate surface area is 181 Å². The Morgan fingerprint density at radius 1 is 0.938 bits per heavy atom. The first-order chi connectivity index (χ1) is 15.2. The number of hydrogen-bond donors (Lipinski definition) is 2.